The van der Waals surface area contributed by atoms with Crippen LogP contribution in [0.15, 0.2) is 36.7 Å². The highest BCUT2D eigenvalue weighted by molar-refractivity contribution is 5.94. The van der Waals surface area contributed by atoms with Crippen LogP contribution in [-0.4, -0.2) is 46.5 Å². The number of likely N-dealkylation sites (tertiary alicyclic amines) is 1. The Bertz CT molecular complexity index is 784. The van der Waals surface area contributed by atoms with E-state index in [1.807, 2.05) is 24.7 Å². The van der Waals surface area contributed by atoms with Crippen molar-refractivity contribution in [1.29, 1.82) is 0 Å². The van der Waals surface area contributed by atoms with Crippen molar-refractivity contribution < 1.29 is 14.3 Å². The summed E-state index contributed by atoms with van der Waals surface area (Å²) in [4.78, 5) is 30.7. The summed E-state index contributed by atoms with van der Waals surface area (Å²) in [5.41, 5.74) is 0.569. The van der Waals surface area contributed by atoms with Gasteiger partial charge in [-0.1, -0.05) is 0 Å². The van der Waals surface area contributed by atoms with Gasteiger partial charge in [0.15, 0.2) is 0 Å². The molecule has 0 unspecified atom stereocenters. The van der Waals surface area contributed by atoms with E-state index in [1.54, 1.807) is 42.4 Å². The van der Waals surface area contributed by atoms with E-state index in [9.17, 15) is 9.59 Å². The number of nitrogens with zero attached hydrogens (tertiary/aromatic N) is 3. The number of rotatable bonds is 6. The minimum Gasteiger partial charge on any atom is -0.494 e. The predicted octanol–water partition coefficient (Wildman–Crippen LogP) is 1.77. The molecule has 1 aromatic carbocycles. The molecule has 2 atom stereocenters. The van der Waals surface area contributed by atoms with E-state index in [0.717, 1.165) is 11.6 Å². The van der Waals surface area contributed by atoms with Gasteiger partial charge < -0.3 is 19.5 Å². The number of imidazole rings is 1. The van der Waals surface area contributed by atoms with Gasteiger partial charge in [-0.25, -0.2) is 4.98 Å². The van der Waals surface area contributed by atoms with Gasteiger partial charge in [0.2, 0.25) is 5.91 Å². The van der Waals surface area contributed by atoms with E-state index < -0.39 is 0 Å². The lowest BCUT2D eigenvalue weighted by molar-refractivity contribution is -0.127. The topological polar surface area (TPSA) is 76.5 Å². The molecule has 138 valence electrons. The number of nitrogens with one attached hydrogen (secondary N) is 1. The average molecular weight is 356 g/mol. The van der Waals surface area contributed by atoms with Crippen LogP contribution in [0.4, 0.5) is 0 Å². The highest BCUT2D eigenvalue weighted by Crippen LogP contribution is 2.35. The Morgan fingerprint density at radius 3 is 2.65 bits per heavy atom. The van der Waals surface area contributed by atoms with Crippen LogP contribution < -0.4 is 10.1 Å². The van der Waals surface area contributed by atoms with Crippen LogP contribution in [0.3, 0.4) is 0 Å². The minimum atomic E-state index is -0.159. The second-order valence-electron chi connectivity index (χ2n) is 6.48. The van der Waals surface area contributed by atoms with Gasteiger partial charge in [-0.15, -0.1) is 0 Å². The molecule has 0 bridgehead atoms. The molecular formula is C19H24N4O3. The first-order valence-electron chi connectivity index (χ1n) is 8.75. The first-order valence-corrected chi connectivity index (χ1v) is 8.75. The molecule has 1 saturated heterocycles. The molecule has 0 saturated carbocycles. The van der Waals surface area contributed by atoms with E-state index in [2.05, 4.69) is 10.3 Å². The molecule has 2 aromatic rings. The zero-order chi connectivity index (χ0) is 18.7. The maximum absolute atomic E-state index is 12.4. The molecule has 1 N–H and O–H groups in total. The van der Waals surface area contributed by atoms with Crippen LogP contribution in [0.1, 0.15) is 35.6 Å². The van der Waals surface area contributed by atoms with Gasteiger partial charge in [0.1, 0.15) is 11.6 Å². The first kappa shape index (κ1) is 18.0. The van der Waals surface area contributed by atoms with E-state index >= 15 is 0 Å². The van der Waals surface area contributed by atoms with Gasteiger partial charge in [0.05, 0.1) is 12.6 Å². The summed E-state index contributed by atoms with van der Waals surface area (Å²) in [6.07, 6.45) is 3.99. The van der Waals surface area contributed by atoms with Crippen molar-refractivity contribution in [2.24, 2.45) is 13.0 Å². The standard InChI is InChI=1S/C19H24N4O3/c1-4-26-15-7-5-13(6-8-15)19(25)21-12-14-11-16(24)23(3)17(14)18-20-9-10-22(18)2/h5-10,14,17H,4,11-12H2,1-3H3,(H,21,25)/t14-,17+/m0/s1. The van der Waals surface area contributed by atoms with E-state index in [0.29, 0.717) is 25.1 Å². The SMILES string of the molecule is CCOc1ccc(C(=O)NC[C@@H]2CC(=O)N(C)[C@H]2c2nccn2C)cc1. The predicted molar refractivity (Wildman–Crippen MR) is 96.8 cm³/mol. The van der Waals surface area contributed by atoms with Gasteiger partial charge in [-0.05, 0) is 31.2 Å². The molecule has 1 aliphatic heterocycles. The number of hydrogen-bond acceptors (Lipinski definition) is 4. The lowest BCUT2D eigenvalue weighted by Gasteiger charge is -2.24. The van der Waals surface area contributed by atoms with Gasteiger partial charge >= 0.3 is 0 Å². The summed E-state index contributed by atoms with van der Waals surface area (Å²) in [5.74, 6) is 1.47. The number of carbonyl (C=O) groups excluding carboxylic acids is 2. The van der Waals surface area contributed by atoms with Crippen LogP contribution in [-0.2, 0) is 11.8 Å². The highest BCUT2D eigenvalue weighted by atomic mass is 16.5. The summed E-state index contributed by atoms with van der Waals surface area (Å²) in [5, 5.41) is 2.95. The Morgan fingerprint density at radius 1 is 1.31 bits per heavy atom. The summed E-state index contributed by atoms with van der Waals surface area (Å²) >= 11 is 0. The first-order chi connectivity index (χ1) is 12.5. The molecule has 1 aliphatic rings. The molecule has 1 fully saturated rings. The van der Waals surface area contributed by atoms with Gasteiger partial charge in [0, 0.05) is 50.9 Å². The van der Waals surface area contributed by atoms with Crippen molar-refractivity contribution in [3.8, 4) is 5.75 Å². The summed E-state index contributed by atoms with van der Waals surface area (Å²) in [6, 6.07) is 6.90. The Kier molecular flexibility index (Phi) is 5.25. The van der Waals surface area contributed by atoms with Crippen molar-refractivity contribution >= 4 is 11.8 Å². The zero-order valence-corrected chi connectivity index (χ0v) is 15.3. The average Bonchev–Trinajstić information content (AvgIpc) is 3.17. The maximum Gasteiger partial charge on any atom is 0.251 e. The third-order valence-corrected chi connectivity index (χ3v) is 4.77. The summed E-state index contributed by atoms with van der Waals surface area (Å²) < 4.78 is 7.31. The van der Waals surface area contributed by atoms with Crippen LogP contribution in [0, 0.1) is 5.92 Å². The molecule has 0 aliphatic carbocycles. The van der Waals surface area contributed by atoms with Crippen LogP contribution in [0.5, 0.6) is 5.75 Å². The molecule has 3 rings (SSSR count). The fraction of sp³-hybridized carbons (Fsp3) is 0.421. The second kappa shape index (κ2) is 7.59. The van der Waals surface area contributed by atoms with Crippen LogP contribution in [0.2, 0.25) is 0 Å². The van der Waals surface area contributed by atoms with Gasteiger partial charge in [-0.2, -0.15) is 0 Å². The quantitative estimate of drug-likeness (QED) is 0.856. The number of benzene rings is 1. The number of amides is 2. The van der Waals surface area contributed by atoms with E-state index in [-0.39, 0.29) is 23.8 Å². The third-order valence-electron chi connectivity index (χ3n) is 4.77. The van der Waals surface area contributed by atoms with Crippen molar-refractivity contribution in [2.75, 3.05) is 20.2 Å². The van der Waals surface area contributed by atoms with E-state index in [1.165, 1.54) is 0 Å². The number of carbonyl (C=O) groups is 2. The number of aryl methyl sites for hydroxylation is 1. The number of ether oxygens (including phenoxy) is 1. The normalized spacial score (nSPS) is 19.7. The van der Waals surface area contributed by atoms with Gasteiger partial charge in [-0.3, -0.25) is 9.59 Å². The van der Waals surface area contributed by atoms with Crippen LogP contribution >= 0.6 is 0 Å². The third kappa shape index (κ3) is 3.56. The summed E-state index contributed by atoms with van der Waals surface area (Å²) in [7, 11) is 3.70. The smallest absolute Gasteiger partial charge is 0.251 e. The lowest BCUT2D eigenvalue weighted by Crippen LogP contribution is -2.33. The molecular weight excluding hydrogens is 332 g/mol. The maximum atomic E-state index is 12.4. The minimum absolute atomic E-state index is 0.0137. The fourth-order valence-electron chi connectivity index (χ4n) is 3.38. The lowest BCUT2D eigenvalue weighted by atomic mass is 9.99. The van der Waals surface area contributed by atoms with Gasteiger partial charge in [0.25, 0.3) is 5.91 Å². The fourth-order valence-corrected chi connectivity index (χ4v) is 3.38. The molecule has 0 radical (unpaired) electrons. The Hall–Kier alpha value is -2.83. The molecule has 7 heteroatoms. The molecule has 2 heterocycles. The van der Waals surface area contributed by atoms with E-state index in [4.69, 9.17) is 4.74 Å². The molecule has 7 nitrogen and oxygen atoms in total. The van der Waals surface area contributed by atoms with Crippen LogP contribution in [0.25, 0.3) is 0 Å². The Morgan fingerprint density at radius 2 is 2.04 bits per heavy atom. The van der Waals surface area contributed by atoms with Crippen molar-refractivity contribution in [1.82, 2.24) is 19.8 Å². The van der Waals surface area contributed by atoms with Crippen molar-refractivity contribution in [3.63, 3.8) is 0 Å². The Labute approximate surface area is 153 Å². The molecule has 26 heavy (non-hydrogen) atoms. The number of hydrogen-bond donors (Lipinski definition) is 1. The molecule has 2 amide bonds. The monoisotopic (exact) mass is 356 g/mol. The largest absolute Gasteiger partial charge is 0.494 e. The zero-order valence-electron chi connectivity index (χ0n) is 15.3. The second-order valence-corrected chi connectivity index (χ2v) is 6.48. The highest BCUT2D eigenvalue weighted by Gasteiger charge is 2.40. The Balaban J connectivity index is 1.66. The van der Waals surface area contributed by atoms with Crippen molar-refractivity contribution in [3.05, 3.63) is 48.0 Å². The molecule has 1 aromatic heterocycles. The number of aromatic nitrogens is 2. The molecule has 0 spiro atoms. The summed E-state index contributed by atoms with van der Waals surface area (Å²) in [6.45, 7) is 2.92. The van der Waals surface area contributed by atoms with Crippen molar-refractivity contribution in [2.45, 2.75) is 19.4 Å².